The zero-order valence-electron chi connectivity index (χ0n) is 21.1. The van der Waals surface area contributed by atoms with Crippen LogP contribution in [-0.2, 0) is 12.8 Å². The summed E-state index contributed by atoms with van der Waals surface area (Å²) in [7, 11) is 2.08. The van der Waals surface area contributed by atoms with E-state index in [1.165, 1.54) is 16.9 Å². The zero-order valence-corrected chi connectivity index (χ0v) is 21.9. The summed E-state index contributed by atoms with van der Waals surface area (Å²) < 4.78 is 6.03. The van der Waals surface area contributed by atoms with Gasteiger partial charge in [-0.25, -0.2) is 9.97 Å². The third-order valence-electron chi connectivity index (χ3n) is 6.90. The number of likely N-dealkylation sites (N-methyl/N-ethyl adjacent to an activating group) is 1. The lowest BCUT2D eigenvalue weighted by Gasteiger charge is -2.24. The SMILES string of the molecule is Cc1ccc(Oc2ccc(Nc3ncnc4sc5c(c34)CCC(CCN(C)CCO)C5)cc2C)cn1. The van der Waals surface area contributed by atoms with Crippen LogP contribution in [0.3, 0.4) is 0 Å². The summed E-state index contributed by atoms with van der Waals surface area (Å²) >= 11 is 1.81. The number of anilines is 2. The molecule has 1 unspecified atom stereocenters. The molecule has 2 N–H and O–H groups in total. The number of pyridine rings is 1. The van der Waals surface area contributed by atoms with E-state index in [-0.39, 0.29) is 6.61 Å². The first-order chi connectivity index (χ1) is 17.5. The van der Waals surface area contributed by atoms with Gasteiger partial charge in [0.2, 0.25) is 0 Å². The van der Waals surface area contributed by atoms with E-state index in [2.05, 4.69) is 38.3 Å². The van der Waals surface area contributed by atoms with Gasteiger partial charge in [-0.05, 0) is 100 Å². The predicted octanol–water partition coefficient (Wildman–Crippen LogP) is 5.66. The van der Waals surface area contributed by atoms with Gasteiger partial charge in [0.15, 0.2) is 0 Å². The largest absolute Gasteiger partial charge is 0.455 e. The van der Waals surface area contributed by atoms with Crippen molar-refractivity contribution in [3.8, 4) is 11.5 Å². The molecule has 0 spiro atoms. The molecule has 0 saturated carbocycles. The van der Waals surface area contributed by atoms with Crippen molar-refractivity contribution >= 4 is 33.1 Å². The highest BCUT2D eigenvalue weighted by Crippen LogP contribution is 2.41. The Morgan fingerprint density at radius 2 is 2.03 bits per heavy atom. The van der Waals surface area contributed by atoms with Crippen LogP contribution in [0.1, 0.15) is 34.5 Å². The first-order valence-corrected chi connectivity index (χ1v) is 13.3. The van der Waals surface area contributed by atoms with Gasteiger partial charge in [-0.3, -0.25) is 4.98 Å². The fraction of sp³-hybridized carbons (Fsp3) is 0.393. The van der Waals surface area contributed by atoms with Crippen molar-refractivity contribution in [3.05, 3.63) is 64.6 Å². The molecule has 1 aliphatic carbocycles. The zero-order chi connectivity index (χ0) is 25.1. The number of aryl methyl sites for hydroxylation is 3. The molecule has 0 aliphatic heterocycles. The van der Waals surface area contributed by atoms with Crippen LogP contribution in [0, 0.1) is 19.8 Å². The third kappa shape index (κ3) is 5.51. The monoisotopic (exact) mass is 503 g/mol. The maximum atomic E-state index is 9.15. The van der Waals surface area contributed by atoms with Crippen LogP contribution in [0.25, 0.3) is 10.2 Å². The van der Waals surface area contributed by atoms with Crippen LogP contribution in [0.15, 0.2) is 42.9 Å². The highest BCUT2D eigenvalue weighted by Gasteiger charge is 2.25. The summed E-state index contributed by atoms with van der Waals surface area (Å²) in [6, 6.07) is 9.97. The number of hydrogen-bond acceptors (Lipinski definition) is 8. The van der Waals surface area contributed by atoms with E-state index in [9.17, 15) is 0 Å². The Morgan fingerprint density at radius 1 is 1.14 bits per heavy atom. The van der Waals surface area contributed by atoms with Crippen molar-refractivity contribution in [1.29, 1.82) is 0 Å². The smallest absolute Gasteiger partial charge is 0.145 e. The molecule has 36 heavy (non-hydrogen) atoms. The average Bonchev–Trinajstić information content (AvgIpc) is 3.25. The van der Waals surface area contributed by atoms with Crippen molar-refractivity contribution in [2.45, 2.75) is 39.5 Å². The Labute approximate surface area is 216 Å². The molecule has 0 bridgehead atoms. The van der Waals surface area contributed by atoms with Crippen LogP contribution in [0.4, 0.5) is 11.5 Å². The summed E-state index contributed by atoms with van der Waals surface area (Å²) in [5, 5.41) is 13.9. The van der Waals surface area contributed by atoms with E-state index in [1.807, 2.05) is 49.4 Å². The Morgan fingerprint density at radius 3 is 2.81 bits per heavy atom. The number of thiophene rings is 1. The highest BCUT2D eigenvalue weighted by molar-refractivity contribution is 7.19. The van der Waals surface area contributed by atoms with Crippen LogP contribution in [0.2, 0.25) is 0 Å². The molecule has 1 aromatic carbocycles. The molecule has 0 radical (unpaired) electrons. The van der Waals surface area contributed by atoms with Gasteiger partial charge in [0.05, 0.1) is 18.2 Å². The summed E-state index contributed by atoms with van der Waals surface area (Å²) in [6.07, 6.45) is 7.90. The second kappa shape index (κ2) is 10.9. The standard InChI is InChI=1S/C28H33N5O2S/c1-18-14-21(6-9-24(18)35-22-7-4-19(2)29-16-22)32-27-26-23-8-5-20(10-11-33(3)12-13-34)15-25(23)36-28(26)31-17-30-27/h4,6-7,9,14,16-17,20,34H,5,8,10-13,15H2,1-3H3,(H,30,31,32). The number of rotatable bonds is 9. The molecule has 3 heterocycles. The molecule has 0 saturated heterocycles. The van der Waals surface area contributed by atoms with Gasteiger partial charge in [-0.15, -0.1) is 11.3 Å². The van der Waals surface area contributed by atoms with Gasteiger partial charge >= 0.3 is 0 Å². The van der Waals surface area contributed by atoms with Crippen molar-refractivity contribution in [3.63, 3.8) is 0 Å². The van der Waals surface area contributed by atoms with Crippen LogP contribution >= 0.6 is 11.3 Å². The molecule has 0 fully saturated rings. The molecule has 1 aliphatic rings. The van der Waals surface area contributed by atoms with Crippen molar-refractivity contribution < 1.29 is 9.84 Å². The Bertz CT molecular complexity index is 1340. The third-order valence-corrected chi connectivity index (χ3v) is 8.06. The van der Waals surface area contributed by atoms with Gasteiger partial charge in [-0.2, -0.15) is 0 Å². The number of benzene rings is 1. The number of aliphatic hydroxyl groups excluding tert-OH is 1. The lowest BCUT2D eigenvalue weighted by Crippen LogP contribution is -2.26. The van der Waals surface area contributed by atoms with Gasteiger partial charge in [0, 0.05) is 22.8 Å². The first kappa shape index (κ1) is 24.6. The topological polar surface area (TPSA) is 83.4 Å². The maximum Gasteiger partial charge on any atom is 0.145 e. The van der Waals surface area contributed by atoms with E-state index in [0.29, 0.717) is 5.92 Å². The molecule has 4 aromatic rings. The van der Waals surface area contributed by atoms with Gasteiger partial charge < -0.3 is 20.1 Å². The molecule has 8 heteroatoms. The summed E-state index contributed by atoms with van der Waals surface area (Å²) in [5.74, 6) is 3.08. The summed E-state index contributed by atoms with van der Waals surface area (Å²) in [4.78, 5) is 18.2. The minimum absolute atomic E-state index is 0.218. The van der Waals surface area contributed by atoms with E-state index in [4.69, 9.17) is 9.84 Å². The number of aliphatic hydroxyl groups is 1. The predicted molar refractivity (Wildman–Crippen MR) is 146 cm³/mol. The quantitative estimate of drug-likeness (QED) is 0.305. The maximum absolute atomic E-state index is 9.15. The van der Waals surface area contributed by atoms with Crippen LogP contribution in [-0.4, -0.2) is 51.7 Å². The number of aromatic nitrogens is 3. The molecule has 7 nitrogen and oxygen atoms in total. The number of hydrogen-bond donors (Lipinski definition) is 2. The van der Waals surface area contributed by atoms with Gasteiger partial charge in [0.25, 0.3) is 0 Å². The lowest BCUT2D eigenvalue weighted by atomic mass is 9.85. The minimum atomic E-state index is 0.218. The molecule has 3 aromatic heterocycles. The number of ether oxygens (including phenoxy) is 1. The highest BCUT2D eigenvalue weighted by atomic mass is 32.1. The Hall–Kier alpha value is -3.07. The normalized spacial score (nSPS) is 15.3. The van der Waals surface area contributed by atoms with Gasteiger partial charge in [0.1, 0.15) is 28.5 Å². The molecular weight excluding hydrogens is 470 g/mol. The fourth-order valence-electron chi connectivity index (χ4n) is 4.83. The fourth-order valence-corrected chi connectivity index (χ4v) is 6.13. The Kier molecular flexibility index (Phi) is 7.46. The summed E-state index contributed by atoms with van der Waals surface area (Å²) in [6.45, 7) is 5.99. The average molecular weight is 504 g/mol. The number of fused-ring (bicyclic) bond motifs is 3. The van der Waals surface area contributed by atoms with Crippen LogP contribution in [0.5, 0.6) is 11.5 Å². The second-order valence-electron chi connectivity index (χ2n) is 9.67. The van der Waals surface area contributed by atoms with Crippen molar-refractivity contribution in [1.82, 2.24) is 19.9 Å². The molecular formula is C28H33N5O2S. The lowest BCUT2D eigenvalue weighted by molar-refractivity contribution is 0.210. The van der Waals surface area contributed by atoms with E-state index in [1.54, 1.807) is 12.5 Å². The van der Waals surface area contributed by atoms with Crippen molar-refractivity contribution in [2.75, 3.05) is 32.1 Å². The first-order valence-electron chi connectivity index (χ1n) is 12.5. The van der Waals surface area contributed by atoms with E-state index in [0.717, 1.165) is 76.8 Å². The van der Waals surface area contributed by atoms with Gasteiger partial charge in [-0.1, -0.05) is 0 Å². The summed E-state index contributed by atoms with van der Waals surface area (Å²) in [5.41, 5.74) is 4.38. The minimum Gasteiger partial charge on any atom is -0.455 e. The van der Waals surface area contributed by atoms with Crippen LogP contribution < -0.4 is 10.1 Å². The molecule has 1 atom stereocenters. The Balaban J connectivity index is 1.32. The molecule has 0 amide bonds. The number of nitrogens with zero attached hydrogens (tertiary/aromatic N) is 4. The van der Waals surface area contributed by atoms with E-state index < -0.39 is 0 Å². The second-order valence-corrected chi connectivity index (χ2v) is 10.8. The van der Waals surface area contributed by atoms with E-state index >= 15 is 0 Å². The molecule has 188 valence electrons. The number of nitrogens with one attached hydrogen (secondary N) is 1. The molecule has 5 rings (SSSR count). The van der Waals surface area contributed by atoms with Crippen molar-refractivity contribution in [2.24, 2.45) is 5.92 Å².